The number of carbonyl (C=O) groups excluding carboxylic acids is 1. The van der Waals surface area contributed by atoms with Gasteiger partial charge in [-0.1, -0.05) is 18.2 Å². The molecule has 0 saturated heterocycles. The standard InChI is InChI=1S/C19H17N5O3S/c1-3-23-15(25)13-16(24(4-2)18(23)28)27-14(21)11(9-20)19(13)10-7-5-6-8-12(10)22-17(19)26/h5-8H,3-4,21H2,1-2H3,(H,22,26). The number of para-hydroxylation sites is 1. The predicted octanol–water partition coefficient (Wildman–Crippen LogP) is 1.74. The Kier molecular flexibility index (Phi) is 3.90. The van der Waals surface area contributed by atoms with Crippen LogP contribution in [0.25, 0.3) is 0 Å². The largest absolute Gasteiger partial charge is 0.423 e. The Morgan fingerprint density at radius 3 is 2.57 bits per heavy atom. The first-order valence-electron chi connectivity index (χ1n) is 8.80. The predicted molar refractivity (Wildman–Crippen MR) is 104 cm³/mol. The second-order valence-corrected chi connectivity index (χ2v) is 6.82. The monoisotopic (exact) mass is 395 g/mol. The summed E-state index contributed by atoms with van der Waals surface area (Å²) in [4.78, 5) is 26.8. The highest BCUT2D eigenvalue weighted by molar-refractivity contribution is 7.71. The highest BCUT2D eigenvalue weighted by Crippen LogP contribution is 2.51. The maximum Gasteiger partial charge on any atom is 0.263 e. The summed E-state index contributed by atoms with van der Waals surface area (Å²) in [5.41, 5.74) is 4.87. The number of fused-ring (bicyclic) bond motifs is 4. The van der Waals surface area contributed by atoms with E-state index >= 15 is 0 Å². The molecule has 0 aliphatic carbocycles. The minimum absolute atomic E-state index is 0.0537. The lowest BCUT2D eigenvalue weighted by molar-refractivity contribution is -0.118. The molecule has 3 N–H and O–H groups in total. The van der Waals surface area contributed by atoms with Crippen LogP contribution in [0, 0.1) is 16.1 Å². The number of amides is 1. The van der Waals surface area contributed by atoms with Gasteiger partial charge in [-0.3, -0.25) is 18.7 Å². The summed E-state index contributed by atoms with van der Waals surface area (Å²) in [7, 11) is 0. The van der Waals surface area contributed by atoms with Crippen LogP contribution < -0.4 is 21.3 Å². The van der Waals surface area contributed by atoms with E-state index in [9.17, 15) is 14.9 Å². The fourth-order valence-corrected chi connectivity index (χ4v) is 4.45. The molecule has 1 aromatic heterocycles. The zero-order chi connectivity index (χ0) is 20.2. The smallest absolute Gasteiger partial charge is 0.263 e. The number of ether oxygens (including phenoxy) is 1. The second-order valence-electron chi connectivity index (χ2n) is 6.46. The van der Waals surface area contributed by atoms with E-state index in [-0.39, 0.29) is 27.7 Å². The van der Waals surface area contributed by atoms with Crippen LogP contribution in [0.1, 0.15) is 25.0 Å². The van der Waals surface area contributed by atoms with E-state index in [4.69, 9.17) is 22.7 Å². The van der Waals surface area contributed by atoms with Crippen molar-refractivity contribution < 1.29 is 9.53 Å². The Hall–Kier alpha value is -3.38. The van der Waals surface area contributed by atoms with E-state index in [2.05, 4.69) is 5.32 Å². The van der Waals surface area contributed by atoms with Crippen LogP contribution in [0.2, 0.25) is 0 Å². The lowest BCUT2D eigenvalue weighted by Gasteiger charge is -2.34. The third-order valence-electron chi connectivity index (χ3n) is 5.25. The van der Waals surface area contributed by atoms with Gasteiger partial charge in [-0.05, 0) is 32.1 Å². The first-order valence-corrected chi connectivity index (χ1v) is 9.21. The first-order chi connectivity index (χ1) is 13.4. The number of benzene rings is 1. The third-order valence-corrected chi connectivity index (χ3v) is 5.69. The lowest BCUT2D eigenvalue weighted by Crippen LogP contribution is -2.48. The fourth-order valence-electron chi connectivity index (χ4n) is 4.02. The molecule has 8 nitrogen and oxygen atoms in total. The fraction of sp³-hybridized carbons (Fsp3) is 0.263. The molecule has 1 aromatic carbocycles. The van der Waals surface area contributed by atoms with Gasteiger partial charge in [-0.2, -0.15) is 5.26 Å². The average Bonchev–Trinajstić information content (AvgIpc) is 2.95. The average molecular weight is 395 g/mol. The summed E-state index contributed by atoms with van der Waals surface area (Å²) >= 11 is 5.45. The molecule has 0 saturated carbocycles. The molecule has 0 bridgehead atoms. The summed E-state index contributed by atoms with van der Waals surface area (Å²) in [6.07, 6.45) is 0. The van der Waals surface area contributed by atoms with Crippen molar-refractivity contribution in [2.75, 3.05) is 5.32 Å². The van der Waals surface area contributed by atoms with E-state index < -0.39 is 16.9 Å². The summed E-state index contributed by atoms with van der Waals surface area (Å²) in [6.45, 7) is 4.35. The zero-order valence-electron chi connectivity index (χ0n) is 15.3. The van der Waals surface area contributed by atoms with Crippen molar-refractivity contribution in [2.45, 2.75) is 32.4 Å². The summed E-state index contributed by atoms with van der Waals surface area (Å²) in [6, 6.07) is 8.94. The summed E-state index contributed by atoms with van der Waals surface area (Å²) < 4.78 is 8.99. The van der Waals surface area contributed by atoms with Gasteiger partial charge in [0.05, 0.1) is 0 Å². The number of rotatable bonds is 2. The van der Waals surface area contributed by atoms with E-state index in [0.717, 1.165) is 0 Å². The molecule has 2 aromatic rings. The minimum atomic E-state index is -1.68. The SMILES string of the molecule is CCn1c2c(c(=O)n(CC)c1=S)C1(C(=O)Nc3ccccc31)C(C#N)=C(N)O2. The maximum absolute atomic E-state index is 13.5. The van der Waals surface area contributed by atoms with Gasteiger partial charge in [0.15, 0.2) is 10.2 Å². The molecule has 142 valence electrons. The molecule has 1 unspecified atom stereocenters. The van der Waals surface area contributed by atoms with Crippen LogP contribution in [0.4, 0.5) is 5.69 Å². The number of hydrogen-bond acceptors (Lipinski definition) is 6. The molecule has 4 rings (SSSR count). The van der Waals surface area contributed by atoms with Gasteiger partial charge in [0, 0.05) is 24.3 Å². The summed E-state index contributed by atoms with van der Waals surface area (Å²) in [5.74, 6) is -0.630. The van der Waals surface area contributed by atoms with Gasteiger partial charge in [0.1, 0.15) is 17.2 Å². The molecule has 1 amide bonds. The first kappa shape index (κ1) is 18.0. The number of nitrogens with zero attached hydrogens (tertiary/aromatic N) is 3. The molecule has 2 aliphatic rings. The normalized spacial score (nSPS) is 19.7. The Balaban J connectivity index is 2.28. The van der Waals surface area contributed by atoms with Crippen LogP contribution in [-0.2, 0) is 23.3 Å². The van der Waals surface area contributed by atoms with Crippen molar-refractivity contribution in [3.05, 3.63) is 62.0 Å². The number of anilines is 1. The van der Waals surface area contributed by atoms with Crippen molar-refractivity contribution in [1.29, 1.82) is 5.26 Å². The van der Waals surface area contributed by atoms with E-state index in [1.165, 1.54) is 4.57 Å². The quantitative estimate of drug-likeness (QED) is 0.749. The molecule has 0 radical (unpaired) electrons. The number of aromatic nitrogens is 2. The van der Waals surface area contributed by atoms with Crippen LogP contribution in [0.5, 0.6) is 5.88 Å². The number of nitrogens with one attached hydrogen (secondary N) is 1. The molecule has 2 aliphatic heterocycles. The molecule has 1 atom stereocenters. The highest BCUT2D eigenvalue weighted by Gasteiger charge is 2.58. The van der Waals surface area contributed by atoms with Gasteiger partial charge >= 0.3 is 0 Å². The van der Waals surface area contributed by atoms with Gasteiger partial charge < -0.3 is 15.8 Å². The zero-order valence-corrected chi connectivity index (χ0v) is 16.1. The number of nitrogens with two attached hydrogens (primary N) is 1. The van der Waals surface area contributed by atoms with Crippen LogP contribution in [0.3, 0.4) is 0 Å². The molecular weight excluding hydrogens is 378 g/mol. The van der Waals surface area contributed by atoms with Gasteiger partial charge in [-0.15, -0.1) is 0 Å². The van der Waals surface area contributed by atoms with Gasteiger partial charge in [0.25, 0.3) is 5.56 Å². The number of nitriles is 1. The highest BCUT2D eigenvalue weighted by atomic mass is 32.1. The second kappa shape index (κ2) is 6.07. The number of carbonyl (C=O) groups is 1. The third kappa shape index (κ3) is 1.95. The molecule has 0 fully saturated rings. The molecule has 3 heterocycles. The van der Waals surface area contributed by atoms with Crippen LogP contribution >= 0.6 is 12.2 Å². The molecular formula is C19H17N5O3S. The van der Waals surface area contributed by atoms with Gasteiger partial charge in [-0.25, -0.2) is 0 Å². The Morgan fingerprint density at radius 1 is 1.25 bits per heavy atom. The van der Waals surface area contributed by atoms with Crippen molar-refractivity contribution in [3.8, 4) is 11.9 Å². The number of hydrogen-bond donors (Lipinski definition) is 2. The van der Waals surface area contributed by atoms with E-state index in [1.54, 1.807) is 35.8 Å². The van der Waals surface area contributed by atoms with Crippen LogP contribution in [0.15, 0.2) is 40.5 Å². The molecule has 1 spiro atoms. The van der Waals surface area contributed by atoms with Crippen molar-refractivity contribution in [2.24, 2.45) is 5.73 Å². The molecule has 28 heavy (non-hydrogen) atoms. The minimum Gasteiger partial charge on any atom is -0.423 e. The van der Waals surface area contributed by atoms with E-state index in [1.807, 2.05) is 13.0 Å². The Labute approximate surface area is 165 Å². The summed E-state index contributed by atoms with van der Waals surface area (Å²) in [5, 5.41) is 12.7. The van der Waals surface area contributed by atoms with Gasteiger partial charge in [0.2, 0.25) is 17.7 Å². The topological polar surface area (TPSA) is 115 Å². The van der Waals surface area contributed by atoms with Crippen molar-refractivity contribution >= 4 is 23.8 Å². The molecule has 9 heteroatoms. The van der Waals surface area contributed by atoms with Crippen molar-refractivity contribution in [1.82, 2.24) is 9.13 Å². The Morgan fingerprint density at radius 2 is 1.93 bits per heavy atom. The van der Waals surface area contributed by atoms with Crippen LogP contribution in [-0.4, -0.2) is 15.0 Å². The van der Waals surface area contributed by atoms with E-state index in [0.29, 0.717) is 24.3 Å². The van der Waals surface area contributed by atoms with Crippen molar-refractivity contribution in [3.63, 3.8) is 0 Å². The maximum atomic E-state index is 13.5. The lowest BCUT2D eigenvalue weighted by atomic mass is 9.69. The Bertz CT molecular complexity index is 1230.